The Morgan fingerprint density at radius 1 is 1.12 bits per heavy atom. The number of benzene rings is 1. The summed E-state index contributed by atoms with van der Waals surface area (Å²) >= 11 is 0. The average Bonchev–Trinajstić information content (AvgIpc) is 2.67. The molecule has 0 unspecified atom stereocenters. The number of guanidine groups is 1. The maximum atomic E-state index is 5.44. The van der Waals surface area contributed by atoms with Crippen molar-refractivity contribution < 1.29 is 9.47 Å². The molecule has 2 rings (SSSR count). The van der Waals surface area contributed by atoms with Gasteiger partial charge in [0.05, 0.1) is 14.2 Å². The van der Waals surface area contributed by atoms with Crippen LogP contribution >= 0.6 is 0 Å². The molecule has 0 aromatic heterocycles. The molecular weight excluding hydrogens is 328 g/mol. The lowest BCUT2D eigenvalue weighted by Gasteiger charge is -2.29. The van der Waals surface area contributed by atoms with Crippen molar-refractivity contribution in [3.8, 4) is 11.5 Å². The van der Waals surface area contributed by atoms with E-state index in [2.05, 4.69) is 46.5 Å². The van der Waals surface area contributed by atoms with E-state index in [4.69, 9.17) is 9.47 Å². The van der Waals surface area contributed by atoms with E-state index in [1.807, 2.05) is 0 Å². The predicted molar refractivity (Wildman–Crippen MR) is 107 cm³/mol. The minimum atomic E-state index is 0.809. The van der Waals surface area contributed by atoms with Crippen LogP contribution in [-0.4, -0.2) is 57.8 Å². The van der Waals surface area contributed by atoms with Crippen LogP contribution in [0.2, 0.25) is 0 Å². The highest BCUT2D eigenvalue weighted by Gasteiger charge is 2.19. The van der Waals surface area contributed by atoms with Crippen molar-refractivity contribution in [1.29, 1.82) is 0 Å². The average molecular weight is 363 g/mol. The summed E-state index contributed by atoms with van der Waals surface area (Å²) < 4.78 is 10.9. The fourth-order valence-electron chi connectivity index (χ4n) is 3.16. The lowest BCUT2D eigenvalue weighted by molar-refractivity contribution is 0.256. The Kier molecular flexibility index (Phi) is 8.54. The van der Waals surface area contributed by atoms with Crippen LogP contribution in [0.1, 0.15) is 37.8 Å². The summed E-state index contributed by atoms with van der Waals surface area (Å²) in [5.74, 6) is 2.55. The molecule has 1 aliphatic heterocycles. The number of methoxy groups -OCH3 is 2. The zero-order valence-electron chi connectivity index (χ0n) is 16.7. The summed E-state index contributed by atoms with van der Waals surface area (Å²) in [6.45, 7) is 9.94. The molecule has 0 spiro atoms. The van der Waals surface area contributed by atoms with Gasteiger partial charge >= 0.3 is 0 Å². The number of unbranched alkanes of at least 4 members (excludes halogenated alkanes) is 1. The van der Waals surface area contributed by atoms with E-state index in [1.165, 1.54) is 17.5 Å². The standard InChI is InChI=1S/C20H34N4O2/c1-5-7-9-22-20(21-6-2)23-10-12-24-11-8-16-13-18(25-3)19(26-4)14-17(16)15-24/h13-14H,5-12,15H2,1-4H3,(H2,21,22,23). The van der Waals surface area contributed by atoms with Crippen LogP contribution in [-0.2, 0) is 13.0 Å². The smallest absolute Gasteiger partial charge is 0.191 e. The molecule has 6 nitrogen and oxygen atoms in total. The number of rotatable bonds is 9. The highest BCUT2D eigenvalue weighted by molar-refractivity contribution is 5.79. The fourth-order valence-corrected chi connectivity index (χ4v) is 3.16. The van der Waals surface area contributed by atoms with E-state index < -0.39 is 0 Å². The summed E-state index contributed by atoms with van der Waals surface area (Å²) in [7, 11) is 3.38. The van der Waals surface area contributed by atoms with Gasteiger partial charge in [0, 0.05) is 39.3 Å². The molecule has 1 aromatic rings. The summed E-state index contributed by atoms with van der Waals surface area (Å²) in [5.41, 5.74) is 2.69. The maximum Gasteiger partial charge on any atom is 0.191 e. The molecule has 6 heteroatoms. The van der Waals surface area contributed by atoms with Crippen molar-refractivity contribution in [2.45, 2.75) is 39.7 Å². The van der Waals surface area contributed by atoms with Crippen molar-refractivity contribution in [2.75, 3.05) is 46.9 Å². The highest BCUT2D eigenvalue weighted by atomic mass is 16.5. The number of ether oxygens (including phenoxy) is 2. The Balaban J connectivity index is 1.87. The van der Waals surface area contributed by atoms with Gasteiger partial charge in [-0.3, -0.25) is 9.89 Å². The van der Waals surface area contributed by atoms with Gasteiger partial charge < -0.3 is 20.1 Å². The molecule has 0 bridgehead atoms. The van der Waals surface area contributed by atoms with Gasteiger partial charge in [0.15, 0.2) is 17.5 Å². The van der Waals surface area contributed by atoms with E-state index in [-0.39, 0.29) is 0 Å². The second kappa shape index (κ2) is 10.9. The second-order valence-electron chi connectivity index (χ2n) is 6.54. The molecule has 0 saturated heterocycles. The van der Waals surface area contributed by atoms with Gasteiger partial charge in [0.25, 0.3) is 0 Å². The monoisotopic (exact) mass is 362 g/mol. The first kappa shape index (κ1) is 20.4. The number of fused-ring (bicyclic) bond motifs is 1. The Hall–Kier alpha value is -1.95. The largest absolute Gasteiger partial charge is 0.493 e. The van der Waals surface area contributed by atoms with Crippen LogP contribution < -0.4 is 20.1 Å². The molecule has 0 radical (unpaired) electrons. The zero-order valence-corrected chi connectivity index (χ0v) is 16.7. The highest BCUT2D eigenvalue weighted by Crippen LogP contribution is 2.33. The van der Waals surface area contributed by atoms with Gasteiger partial charge in [-0.05, 0) is 43.0 Å². The topological polar surface area (TPSA) is 58.1 Å². The number of hydrogen-bond donors (Lipinski definition) is 2. The third-order valence-electron chi connectivity index (χ3n) is 4.64. The number of hydrogen-bond acceptors (Lipinski definition) is 4. The first-order valence-corrected chi connectivity index (χ1v) is 9.70. The normalized spacial score (nSPS) is 14.7. The number of nitrogens with one attached hydrogen (secondary N) is 2. The Morgan fingerprint density at radius 3 is 2.50 bits per heavy atom. The van der Waals surface area contributed by atoms with Crippen LogP contribution in [0.25, 0.3) is 0 Å². The van der Waals surface area contributed by atoms with E-state index in [0.717, 1.165) is 69.6 Å². The van der Waals surface area contributed by atoms with Crippen molar-refractivity contribution >= 4 is 5.96 Å². The Morgan fingerprint density at radius 2 is 1.85 bits per heavy atom. The molecule has 0 aliphatic carbocycles. The molecule has 2 N–H and O–H groups in total. The van der Waals surface area contributed by atoms with Crippen LogP contribution in [0.15, 0.2) is 17.1 Å². The zero-order chi connectivity index (χ0) is 18.8. The molecule has 146 valence electrons. The van der Waals surface area contributed by atoms with Crippen LogP contribution in [0.3, 0.4) is 0 Å². The Bertz CT molecular complexity index is 589. The lowest BCUT2D eigenvalue weighted by atomic mass is 9.99. The molecular formula is C20H34N4O2. The van der Waals surface area contributed by atoms with Crippen molar-refractivity contribution in [3.05, 3.63) is 23.3 Å². The van der Waals surface area contributed by atoms with Gasteiger partial charge in [0.1, 0.15) is 0 Å². The van der Waals surface area contributed by atoms with Gasteiger partial charge in [-0.1, -0.05) is 13.3 Å². The van der Waals surface area contributed by atoms with Crippen LogP contribution in [0, 0.1) is 0 Å². The molecule has 26 heavy (non-hydrogen) atoms. The molecule has 1 aromatic carbocycles. The number of nitrogens with zero attached hydrogens (tertiary/aromatic N) is 2. The SMILES string of the molecule is CCCCN=C(NCC)NCCN1CCc2cc(OC)c(OC)cc2C1. The summed E-state index contributed by atoms with van der Waals surface area (Å²) in [6, 6.07) is 4.23. The maximum absolute atomic E-state index is 5.44. The molecule has 1 heterocycles. The van der Waals surface area contributed by atoms with E-state index in [9.17, 15) is 0 Å². The molecule has 0 saturated carbocycles. The first-order chi connectivity index (χ1) is 12.7. The van der Waals surface area contributed by atoms with E-state index >= 15 is 0 Å². The lowest BCUT2D eigenvalue weighted by Crippen LogP contribution is -2.42. The van der Waals surface area contributed by atoms with Gasteiger partial charge in [-0.25, -0.2) is 0 Å². The fraction of sp³-hybridized carbons (Fsp3) is 0.650. The van der Waals surface area contributed by atoms with Gasteiger partial charge in [0.2, 0.25) is 0 Å². The quantitative estimate of drug-likeness (QED) is 0.401. The minimum Gasteiger partial charge on any atom is -0.493 e. The molecule has 0 atom stereocenters. The van der Waals surface area contributed by atoms with Crippen molar-refractivity contribution in [1.82, 2.24) is 15.5 Å². The third kappa shape index (κ3) is 5.80. The Labute approximate surface area is 158 Å². The van der Waals surface area contributed by atoms with Gasteiger partial charge in [-0.15, -0.1) is 0 Å². The minimum absolute atomic E-state index is 0.809. The summed E-state index contributed by atoms with van der Waals surface area (Å²) in [6.07, 6.45) is 3.34. The summed E-state index contributed by atoms with van der Waals surface area (Å²) in [4.78, 5) is 7.08. The van der Waals surface area contributed by atoms with E-state index in [0.29, 0.717) is 0 Å². The van der Waals surface area contributed by atoms with Gasteiger partial charge in [-0.2, -0.15) is 0 Å². The molecule has 0 amide bonds. The van der Waals surface area contributed by atoms with Crippen molar-refractivity contribution in [2.24, 2.45) is 4.99 Å². The van der Waals surface area contributed by atoms with Crippen LogP contribution in [0.4, 0.5) is 0 Å². The van der Waals surface area contributed by atoms with E-state index in [1.54, 1.807) is 14.2 Å². The van der Waals surface area contributed by atoms with Crippen molar-refractivity contribution in [3.63, 3.8) is 0 Å². The predicted octanol–water partition coefficient (Wildman–Crippen LogP) is 2.42. The number of aliphatic imine (C=N–C) groups is 1. The van der Waals surface area contributed by atoms with Crippen LogP contribution in [0.5, 0.6) is 11.5 Å². The third-order valence-corrected chi connectivity index (χ3v) is 4.64. The second-order valence-corrected chi connectivity index (χ2v) is 6.54. The molecule has 1 aliphatic rings. The molecule has 0 fully saturated rings. The first-order valence-electron chi connectivity index (χ1n) is 9.70. The summed E-state index contributed by atoms with van der Waals surface area (Å²) in [5, 5.41) is 6.76.